The summed E-state index contributed by atoms with van der Waals surface area (Å²) in [6, 6.07) is 10.5. The SMILES string of the molecule is O=P([O-])(O[C@@H](c1ccccc1)C(F)(F)C(F)(F)C(F)(F)F)c1ccccc1. The van der Waals surface area contributed by atoms with Crippen molar-refractivity contribution >= 4 is 12.9 Å². The zero-order valence-electron chi connectivity index (χ0n) is 13.2. The summed E-state index contributed by atoms with van der Waals surface area (Å²) in [6.07, 6.45) is -10.0. The molecule has 3 nitrogen and oxygen atoms in total. The van der Waals surface area contributed by atoms with Crippen LogP contribution in [0.25, 0.3) is 0 Å². The van der Waals surface area contributed by atoms with Crippen LogP contribution in [0.1, 0.15) is 11.7 Å². The van der Waals surface area contributed by atoms with Gasteiger partial charge in [-0.05, 0) is 5.56 Å². The van der Waals surface area contributed by atoms with Gasteiger partial charge in [-0.2, -0.15) is 30.7 Å². The van der Waals surface area contributed by atoms with Gasteiger partial charge in [0, 0.05) is 5.30 Å². The standard InChI is InChI=1S/C16H12F7O3P/c17-14(18,15(19,20)16(21,22)23)13(11-7-3-1-4-8-11)26-27(24,25)12-9-5-2-6-10-12/h1-10,13H,(H,24,25)/p-1/t13-/m0/s1. The second-order valence-electron chi connectivity index (χ2n) is 5.42. The molecular formula is C16H11F7O3P-. The maximum Gasteiger partial charge on any atom is 0.459 e. The molecule has 1 unspecified atom stereocenters. The van der Waals surface area contributed by atoms with E-state index in [2.05, 4.69) is 4.52 Å². The fourth-order valence-corrected chi connectivity index (χ4v) is 3.32. The van der Waals surface area contributed by atoms with E-state index in [0.29, 0.717) is 0 Å². The van der Waals surface area contributed by atoms with Crippen LogP contribution >= 0.6 is 7.60 Å². The zero-order chi connectivity index (χ0) is 20.5. The van der Waals surface area contributed by atoms with Crippen LogP contribution in [0.4, 0.5) is 30.7 Å². The summed E-state index contributed by atoms with van der Waals surface area (Å²) in [5.74, 6) is -12.5. The highest BCUT2D eigenvalue weighted by molar-refractivity contribution is 7.59. The first-order valence-corrected chi connectivity index (χ1v) is 8.77. The molecule has 0 aliphatic heterocycles. The molecule has 0 spiro atoms. The van der Waals surface area contributed by atoms with Gasteiger partial charge < -0.3 is 14.0 Å². The maximum absolute atomic E-state index is 14.2. The molecule has 0 fully saturated rings. The molecule has 0 aromatic heterocycles. The molecule has 0 saturated carbocycles. The number of halogens is 7. The highest BCUT2D eigenvalue weighted by Gasteiger charge is 2.76. The Labute approximate surface area is 148 Å². The minimum absolute atomic E-state index is 0.656. The molecule has 0 aliphatic rings. The van der Waals surface area contributed by atoms with Gasteiger partial charge in [-0.1, -0.05) is 60.7 Å². The monoisotopic (exact) mass is 415 g/mol. The van der Waals surface area contributed by atoms with E-state index in [1.807, 2.05) is 0 Å². The summed E-state index contributed by atoms with van der Waals surface area (Å²) in [7, 11) is -5.42. The number of hydrogen-bond acceptors (Lipinski definition) is 3. The van der Waals surface area contributed by atoms with Gasteiger partial charge in [0.25, 0.3) is 0 Å². The van der Waals surface area contributed by atoms with E-state index >= 15 is 0 Å². The van der Waals surface area contributed by atoms with Crippen LogP contribution in [0.2, 0.25) is 0 Å². The van der Waals surface area contributed by atoms with Crippen molar-refractivity contribution in [3.05, 3.63) is 66.2 Å². The quantitative estimate of drug-likeness (QED) is 0.517. The normalized spacial score (nSPS) is 16.6. The van der Waals surface area contributed by atoms with Crippen LogP contribution < -0.4 is 10.2 Å². The molecule has 0 saturated heterocycles. The average Bonchev–Trinajstić information content (AvgIpc) is 2.60. The van der Waals surface area contributed by atoms with E-state index in [4.69, 9.17) is 0 Å². The summed E-state index contributed by atoms with van der Waals surface area (Å²) in [6.45, 7) is 0. The minimum atomic E-state index is -6.63. The predicted molar refractivity (Wildman–Crippen MR) is 79.9 cm³/mol. The molecule has 0 aliphatic carbocycles. The molecular weight excluding hydrogens is 404 g/mol. The Morgan fingerprint density at radius 1 is 0.815 bits per heavy atom. The lowest BCUT2D eigenvalue weighted by molar-refractivity contribution is -0.372. The lowest BCUT2D eigenvalue weighted by Crippen LogP contribution is -2.55. The third-order valence-corrected chi connectivity index (χ3v) is 4.94. The number of hydrogen-bond donors (Lipinski definition) is 0. The Bertz CT molecular complexity index is 810. The van der Waals surface area contributed by atoms with Gasteiger partial charge in [0.2, 0.25) is 0 Å². The van der Waals surface area contributed by atoms with E-state index in [-0.39, 0.29) is 0 Å². The first kappa shape index (κ1) is 21.4. The fourth-order valence-electron chi connectivity index (χ4n) is 2.13. The van der Waals surface area contributed by atoms with Crippen molar-refractivity contribution < 1.29 is 44.7 Å². The maximum atomic E-state index is 14.2. The van der Waals surface area contributed by atoms with Gasteiger partial charge in [0.05, 0.1) is 0 Å². The van der Waals surface area contributed by atoms with Crippen molar-refractivity contribution in [3.63, 3.8) is 0 Å². The summed E-state index contributed by atoms with van der Waals surface area (Å²) >= 11 is 0. The van der Waals surface area contributed by atoms with Gasteiger partial charge >= 0.3 is 18.0 Å². The highest BCUT2D eigenvalue weighted by atomic mass is 31.2. The molecule has 0 bridgehead atoms. The lowest BCUT2D eigenvalue weighted by atomic mass is 9.98. The first-order valence-electron chi connectivity index (χ1n) is 7.23. The Morgan fingerprint density at radius 2 is 1.26 bits per heavy atom. The van der Waals surface area contributed by atoms with Crippen LogP contribution in [-0.2, 0) is 9.09 Å². The van der Waals surface area contributed by atoms with E-state index in [1.54, 1.807) is 0 Å². The predicted octanol–water partition coefficient (Wildman–Crippen LogP) is 4.46. The summed E-state index contributed by atoms with van der Waals surface area (Å²) < 4.78 is 109. The fraction of sp³-hybridized carbons (Fsp3) is 0.250. The Morgan fingerprint density at radius 3 is 1.70 bits per heavy atom. The van der Waals surface area contributed by atoms with Crippen molar-refractivity contribution in [1.82, 2.24) is 0 Å². The molecule has 2 atom stereocenters. The Hall–Kier alpha value is -1.90. The van der Waals surface area contributed by atoms with Crippen molar-refractivity contribution in [1.29, 1.82) is 0 Å². The number of rotatable bonds is 6. The largest absolute Gasteiger partial charge is 0.775 e. The van der Waals surface area contributed by atoms with E-state index in [0.717, 1.165) is 36.4 Å². The van der Waals surface area contributed by atoms with Gasteiger partial charge in [0.15, 0.2) is 13.7 Å². The topological polar surface area (TPSA) is 49.4 Å². The molecule has 2 aromatic carbocycles. The van der Waals surface area contributed by atoms with E-state index in [1.165, 1.54) is 24.3 Å². The van der Waals surface area contributed by atoms with E-state index in [9.17, 15) is 40.2 Å². The Kier molecular flexibility index (Phi) is 5.75. The molecule has 0 amide bonds. The molecule has 0 N–H and O–H groups in total. The van der Waals surface area contributed by atoms with E-state index < -0.39 is 42.6 Å². The molecule has 2 rings (SSSR count). The summed E-state index contributed by atoms with van der Waals surface area (Å²) in [5.41, 5.74) is -0.863. The smallest absolute Gasteiger partial charge is 0.459 e. The Balaban J connectivity index is 2.55. The third-order valence-electron chi connectivity index (χ3n) is 3.52. The molecule has 27 heavy (non-hydrogen) atoms. The van der Waals surface area contributed by atoms with Crippen LogP contribution in [-0.4, -0.2) is 18.0 Å². The van der Waals surface area contributed by atoms with Gasteiger partial charge in [-0.15, -0.1) is 0 Å². The van der Waals surface area contributed by atoms with Crippen molar-refractivity contribution in [2.75, 3.05) is 0 Å². The van der Waals surface area contributed by atoms with Crippen molar-refractivity contribution in [2.24, 2.45) is 0 Å². The zero-order valence-corrected chi connectivity index (χ0v) is 14.1. The van der Waals surface area contributed by atoms with Crippen LogP contribution in [0.3, 0.4) is 0 Å². The third kappa shape index (κ3) is 4.17. The van der Waals surface area contributed by atoms with Crippen molar-refractivity contribution in [3.8, 4) is 0 Å². The van der Waals surface area contributed by atoms with Gasteiger partial charge in [0.1, 0.15) is 0 Å². The van der Waals surface area contributed by atoms with Crippen LogP contribution in [0.15, 0.2) is 60.7 Å². The molecule has 0 heterocycles. The minimum Gasteiger partial charge on any atom is -0.775 e. The summed E-state index contributed by atoms with van der Waals surface area (Å²) in [5, 5.41) is -0.656. The molecule has 11 heteroatoms. The second kappa shape index (κ2) is 7.26. The molecule has 148 valence electrons. The number of benzene rings is 2. The van der Waals surface area contributed by atoms with Crippen LogP contribution in [0, 0.1) is 0 Å². The van der Waals surface area contributed by atoms with Crippen LogP contribution in [0.5, 0.6) is 0 Å². The second-order valence-corrected chi connectivity index (χ2v) is 7.15. The van der Waals surface area contributed by atoms with Crippen molar-refractivity contribution in [2.45, 2.75) is 24.1 Å². The molecule has 2 aromatic rings. The summed E-state index contributed by atoms with van der Waals surface area (Å²) in [4.78, 5) is 12.2. The van der Waals surface area contributed by atoms with Gasteiger partial charge in [-0.3, -0.25) is 0 Å². The first-order chi connectivity index (χ1) is 12.3. The average molecular weight is 415 g/mol. The molecule has 0 radical (unpaired) electrons. The lowest BCUT2D eigenvalue weighted by Gasteiger charge is -2.37. The number of alkyl halides is 7. The van der Waals surface area contributed by atoms with Gasteiger partial charge in [-0.25, -0.2) is 0 Å². The highest BCUT2D eigenvalue weighted by Crippen LogP contribution is 2.56.